The average Bonchev–Trinajstić information content (AvgIpc) is 2.43. The highest BCUT2D eigenvalue weighted by atomic mass is 35.5. The fourth-order valence-electron chi connectivity index (χ4n) is 1.98. The minimum atomic E-state index is -3.01. The molecule has 0 aromatic rings. The van der Waals surface area contributed by atoms with Crippen molar-refractivity contribution < 1.29 is 13.6 Å². The summed E-state index contributed by atoms with van der Waals surface area (Å²) in [5.41, 5.74) is 4.90. The number of piperazine rings is 1. The standard InChI is InChI=1S/C12H24F2N4O.2ClH/c1-2-17-5-7-18(8-6-17)4-3-11(19)16-10-12(13,14)9-15;;/h2-10,15H2,1H3,(H,16,19);2*1H. The number of carbonyl (C=O) groups excluding carboxylic acids is 1. The zero-order chi connectivity index (χ0) is 14.3. The molecule has 0 radical (unpaired) electrons. The molecule has 5 nitrogen and oxygen atoms in total. The van der Waals surface area contributed by atoms with Gasteiger partial charge in [-0.25, -0.2) is 8.78 Å². The summed E-state index contributed by atoms with van der Waals surface area (Å²) in [5.74, 6) is -3.35. The maximum Gasteiger partial charge on any atom is 0.277 e. The fraction of sp³-hybridized carbons (Fsp3) is 0.917. The first-order valence-electron chi connectivity index (χ1n) is 6.76. The van der Waals surface area contributed by atoms with Crippen LogP contribution in [0, 0.1) is 0 Å². The lowest BCUT2D eigenvalue weighted by Crippen LogP contribution is -2.47. The van der Waals surface area contributed by atoms with Gasteiger partial charge in [0.15, 0.2) is 0 Å². The van der Waals surface area contributed by atoms with Crippen LogP contribution in [-0.4, -0.2) is 74.0 Å². The number of nitrogens with two attached hydrogens (primary N) is 1. The van der Waals surface area contributed by atoms with E-state index in [2.05, 4.69) is 22.0 Å². The van der Waals surface area contributed by atoms with Gasteiger partial charge in [0.25, 0.3) is 5.92 Å². The lowest BCUT2D eigenvalue weighted by Gasteiger charge is -2.33. The van der Waals surface area contributed by atoms with Crippen LogP contribution in [0.1, 0.15) is 13.3 Å². The third-order valence-electron chi connectivity index (χ3n) is 3.41. The molecule has 1 aliphatic heterocycles. The van der Waals surface area contributed by atoms with Gasteiger partial charge in [-0.1, -0.05) is 6.92 Å². The number of halogens is 4. The van der Waals surface area contributed by atoms with Crippen molar-refractivity contribution in [2.24, 2.45) is 5.73 Å². The first-order valence-corrected chi connectivity index (χ1v) is 6.76. The molecule has 0 atom stereocenters. The molecule has 1 amide bonds. The Labute approximate surface area is 137 Å². The minimum Gasteiger partial charge on any atom is -0.350 e. The van der Waals surface area contributed by atoms with Crippen molar-refractivity contribution in [3.05, 3.63) is 0 Å². The summed E-state index contributed by atoms with van der Waals surface area (Å²) >= 11 is 0. The molecule has 1 heterocycles. The number of rotatable bonds is 7. The maximum absolute atomic E-state index is 12.8. The summed E-state index contributed by atoms with van der Waals surface area (Å²) in [6, 6.07) is 0. The number of nitrogens with one attached hydrogen (secondary N) is 1. The summed E-state index contributed by atoms with van der Waals surface area (Å²) in [4.78, 5) is 16.0. The molecule has 128 valence electrons. The third-order valence-corrected chi connectivity index (χ3v) is 3.41. The van der Waals surface area contributed by atoms with Gasteiger partial charge in [-0.2, -0.15) is 0 Å². The second-order valence-electron chi connectivity index (χ2n) is 4.86. The Bertz CT molecular complexity index is 290. The molecule has 3 N–H and O–H groups in total. The quantitative estimate of drug-likeness (QED) is 0.704. The average molecular weight is 351 g/mol. The van der Waals surface area contributed by atoms with E-state index in [9.17, 15) is 13.6 Å². The molecule has 21 heavy (non-hydrogen) atoms. The minimum absolute atomic E-state index is 0. The summed E-state index contributed by atoms with van der Waals surface area (Å²) in [6.07, 6.45) is 0.257. The highest BCUT2D eigenvalue weighted by molar-refractivity contribution is 5.85. The van der Waals surface area contributed by atoms with Crippen molar-refractivity contribution in [3.63, 3.8) is 0 Å². The summed E-state index contributed by atoms with van der Waals surface area (Å²) in [5, 5.41) is 2.23. The van der Waals surface area contributed by atoms with E-state index >= 15 is 0 Å². The first-order chi connectivity index (χ1) is 8.96. The molecule has 0 aromatic heterocycles. The van der Waals surface area contributed by atoms with E-state index in [4.69, 9.17) is 5.73 Å². The zero-order valence-electron chi connectivity index (χ0n) is 12.3. The monoisotopic (exact) mass is 350 g/mol. The predicted octanol–water partition coefficient (Wildman–Crippen LogP) is 0.568. The third kappa shape index (κ3) is 9.42. The summed E-state index contributed by atoms with van der Waals surface area (Å²) < 4.78 is 25.7. The Morgan fingerprint density at radius 1 is 1.19 bits per heavy atom. The Kier molecular flexibility index (Phi) is 12.5. The van der Waals surface area contributed by atoms with Crippen LogP contribution in [0.15, 0.2) is 0 Å². The smallest absolute Gasteiger partial charge is 0.277 e. The molecule has 1 fully saturated rings. The molecular formula is C12H26Cl2F2N4O. The number of alkyl halides is 2. The molecule has 0 aromatic carbocycles. The van der Waals surface area contributed by atoms with Crippen LogP contribution < -0.4 is 11.1 Å². The van der Waals surface area contributed by atoms with Gasteiger partial charge in [-0.15, -0.1) is 24.8 Å². The Balaban J connectivity index is 0. The molecule has 1 saturated heterocycles. The van der Waals surface area contributed by atoms with E-state index in [1.54, 1.807) is 0 Å². The predicted molar refractivity (Wildman–Crippen MR) is 84.7 cm³/mol. The second kappa shape index (κ2) is 11.4. The molecule has 0 saturated carbocycles. The van der Waals surface area contributed by atoms with Crippen molar-refractivity contribution in [3.8, 4) is 0 Å². The number of hydrogen-bond donors (Lipinski definition) is 2. The van der Waals surface area contributed by atoms with Crippen LogP contribution in [0.4, 0.5) is 8.78 Å². The van der Waals surface area contributed by atoms with Gasteiger partial charge < -0.3 is 20.9 Å². The van der Waals surface area contributed by atoms with Crippen LogP contribution in [0.25, 0.3) is 0 Å². The normalized spacial score (nSPS) is 16.8. The van der Waals surface area contributed by atoms with Gasteiger partial charge in [0, 0.05) is 39.1 Å². The Morgan fingerprint density at radius 2 is 1.71 bits per heavy atom. The molecule has 0 bridgehead atoms. The van der Waals surface area contributed by atoms with E-state index in [1.165, 1.54) is 0 Å². The van der Waals surface area contributed by atoms with E-state index in [1.807, 2.05) is 0 Å². The van der Waals surface area contributed by atoms with Crippen LogP contribution in [-0.2, 0) is 4.79 Å². The van der Waals surface area contributed by atoms with Gasteiger partial charge >= 0.3 is 0 Å². The number of nitrogens with zero attached hydrogens (tertiary/aromatic N) is 2. The summed E-state index contributed by atoms with van der Waals surface area (Å²) in [7, 11) is 0. The Hall–Kier alpha value is -0.210. The van der Waals surface area contributed by atoms with Crippen LogP contribution in [0.2, 0.25) is 0 Å². The lowest BCUT2D eigenvalue weighted by atomic mass is 10.2. The second-order valence-corrected chi connectivity index (χ2v) is 4.86. The fourth-order valence-corrected chi connectivity index (χ4v) is 1.98. The molecule has 0 unspecified atom stereocenters. The Morgan fingerprint density at radius 3 is 2.19 bits per heavy atom. The SMILES string of the molecule is CCN1CCN(CCC(=O)NCC(F)(F)CN)CC1.Cl.Cl. The van der Waals surface area contributed by atoms with Crippen molar-refractivity contribution in [1.29, 1.82) is 0 Å². The number of hydrogen-bond acceptors (Lipinski definition) is 4. The van der Waals surface area contributed by atoms with E-state index in [0.29, 0.717) is 6.54 Å². The van der Waals surface area contributed by atoms with Crippen molar-refractivity contribution in [2.75, 3.05) is 52.4 Å². The first kappa shape index (κ1) is 23.1. The van der Waals surface area contributed by atoms with Crippen molar-refractivity contribution in [1.82, 2.24) is 15.1 Å². The van der Waals surface area contributed by atoms with Gasteiger partial charge in [0.05, 0.1) is 13.1 Å². The van der Waals surface area contributed by atoms with Gasteiger partial charge in [0.1, 0.15) is 0 Å². The molecule has 1 aliphatic rings. The molecule has 0 spiro atoms. The van der Waals surface area contributed by atoms with E-state index in [0.717, 1.165) is 32.7 Å². The zero-order valence-corrected chi connectivity index (χ0v) is 13.9. The summed E-state index contributed by atoms with van der Waals surface area (Å²) in [6.45, 7) is 6.24. The van der Waals surface area contributed by atoms with Crippen LogP contribution in [0.5, 0.6) is 0 Å². The highest BCUT2D eigenvalue weighted by Gasteiger charge is 2.27. The largest absolute Gasteiger partial charge is 0.350 e. The molecular weight excluding hydrogens is 325 g/mol. The van der Waals surface area contributed by atoms with E-state index in [-0.39, 0.29) is 37.1 Å². The molecule has 9 heteroatoms. The van der Waals surface area contributed by atoms with Gasteiger partial charge in [-0.05, 0) is 6.54 Å². The lowest BCUT2D eigenvalue weighted by molar-refractivity contribution is -0.123. The van der Waals surface area contributed by atoms with Gasteiger partial charge in [0.2, 0.25) is 5.91 Å². The molecule has 1 rings (SSSR count). The van der Waals surface area contributed by atoms with Crippen molar-refractivity contribution >= 4 is 30.7 Å². The van der Waals surface area contributed by atoms with E-state index < -0.39 is 19.0 Å². The number of amides is 1. The maximum atomic E-state index is 12.8. The highest BCUT2D eigenvalue weighted by Crippen LogP contribution is 2.08. The van der Waals surface area contributed by atoms with Crippen LogP contribution in [0.3, 0.4) is 0 Å². The number of carbonyl (C=O) groups is 1. The molecule has 0 aliphatic carbocycles. The number of likely N-dealkylation sites (N-methyl/N-ethyl adjacent to an activating group) is 1. The van der Waals surface area contributed by atoms with Crippen LogP contribution >= 0.6 is 24.8 Å². The van der Waals surface area contributed by atoms with Gasteiger partial charge in [-0.3, -0.25) is 4.79 Å². The topological polar surface area (TPSA) is 61.6 Å². The van der Waals surface area contributed by atoms with Crippen molar-refractivity contribution in [2.45, 2.75) is 19.3 Å².